The first-order valence-corrected chi connectivity index (χ1v) is 8.81. The first kappa shape index (κ1) is 19.5. The summed E-state index contributed by atoms with van der Waals surface area (Å²) in [5.74, 6) is -0.499. The average molecular weight is 384 g/mol. The molecule has 26 heavy (non-hydrogen) atoms. The predicted octanol–water partition coefficient (Wildman–Crippen LogP) is 3.42. The van der Waals surface area contributed by atoms with E-state index in [2.05, 4.69) is 16.6 Å². The number of nitrogens with one attached hydrogen (secondary N) is 2. The third-order valence-corrected chi connectivity index (χ3v) is 4.63. The molecule has 0 unspecified atom stereocenters. The number of carbonyl (C=O) groups excluding carboxylic acids is 1. The van der Waals surface area contributed by atoms with Crippen molar-refractivity contribution in [3.8, 4) is 0 Å². The Balaban J connectivity index is 2.28. The number of rotatable bonds is 6. The number of hydrogen-bond donors (Lipinski definition) is 2. The summed E-state index contributed by atoms with van der Waals surface area (Å²) in [7, 11) is -4.17. The highest BCUT2D eigenvalue weighted by atomic mass is 32.2. The highest BCUT2D eigenvalue weighted by Crippen LogP contribution is 2.31. The number of anilines is 1. The Morgan fingerprint density at radius 1 is 1.12 bits per heavy atom. The lowest BCUT2D eigenvalue weighted by molar-refractivity contribution is -0.137. The van der Waals surface area contributed by atoms with E-state index in [1.807, 2.05) is 0 Å². The van der Waals surface area contributed by atoms with E-state index < -0.39 is 27.7 Å². The fourth-order valence-corrected chi connectivity index (χ4v) is 3.14. The van der Waals surface area contributed by atoms with Crippen molar-refractivity contribution in [2.75, 3.05) is 11.3 Å². The van der Waals surface area contributed by atoms with E-state index in [-0.39, 0.29) is 22.7 Å². The van der Waals surface area contributed by atoms with Crippen LogP contribution in [0.3, 0.4) is 0 Å². The highest BCUT2D eigenvalue weighted by molar-refractivity contribution is 7.92. The fourth-order valence-electron chi connectivity index (χ4n) is 2.04. The van der Waals surface area contributed by atoms with Crippen molar-refractivity contribution in [3.63, 3.8) is 0 Å². The predicted molar refractivity (Wildman–Crippen MR) is 91.2 cm³/mol. The van der Waals surface area contributed by atoms with Crippen LogP contribution >= 0.6 is 0 Å². The smallest absolute Gasteiger partial charge is 0.349 e. The number of hydrogen-bond acceptors (Lipinski definition) is 3. The van der Waals surface area contributed by atoms with Gasteiger partial charge in [-0.25, -0.2) is 8.42 Å². The minimum absolute atomic E-state index is 0.0961. The quantitative estimate of drug-likeness (QED) is 0.750. The molecular formula is C17H15F3N2O3S. The lowest BCUT2D eigenvalue weighted by atomic mass is 10.2. The molecule has 138 valence electrons. The second-order valence-electron chi connectivity index (χ2n) is 5.21. The molecule has 0 bridgehead atoms. The van der Waals surface area contributed by atoms with Crippen molar-refractivity contribution < 1.29 is 26.4 Å². The van der Waals surface area contributed by atoms with Gasteiger partial charge in [0.2, 0.25) is 0 Å². The topological polar surface area (TPSA) is 75.3 Å². The zero-order valence-electron chi connectivity index (χ0n) is 13.4. The molecule has 0 fully saturated rings. The number of amides is 1. The minimum atomic E-state index is -4.59. The SMILES string of the molecule is C=CCNC(=O)c1cccc(S(=O)(=O)Nc2cccc(C(F)(F)F)c2)c1. The number of benzene rings is 2. The van der Waals surface area contributed by atoms with Gasteiger partial charge in [0.1, 0.15) is 0 Å². The third-order valence-electron chi connectivity index (χ3n) is 3.26. The van der Waals surface area contributed by atoms with Crippen LogP contribution in [0.1, 0.15) is 15.9 Å². The molecule has 2 aromatic rings. The van der Waals surface area contributed by atoms with Crippen LogP contribution in [0.4, 0.5) is 18.9 Å². The van der Waals surface area contributed by atoms with E-state index in [1.54, 1.807) is 0 Å². The summed E-state index contributed by atoms with van der Waals surface area (Å²) in [6.07, 6.45) is -3.13. The van der Waals surface area contributed by atoms with Crippen molar-refractivity contribution in [1.82, 2.24) is 5.32 Å². The van der Waals surface area contributed by atoms with Gasteiger partial charge in [0.25, 0.3) is 15.9 Å². The maximum absolute atomic E-state index is 12.7. The standard InChI is InChI=1S/C17H15F3N2O3S/c1-2-9-21-16(23)12-5-3-8-15(10-12)26(24,25)22-14-7-4-6-13(11-14)17(18,19)20/h2-8,10-11,22H,1,9H2,(H,21,23). The van der Waals surface area contributed by atoms with Crippen LogP contribution in [-0.2, 0) is 16.2 Å². The second-order valence-corrected chi connectivity index (χ2v) is 6.89. The molecule has 0 atom stereocenters. The number of alkyl halides is 3. The van der Waals surface area contributed by atoms with E-state index in [1.165, 1.54) is 30.3 Å². The Kier molecular flexibility index (Phi) is 5.71. The molecule has 0 spiro atoms. The Morgan fingerprint density at radius 3 is 2.46 bits per heavy atom. The molecule has 0 radical (unpaired) electrons. The van der Waals surface area contributed by atoms with Crippen molar-refractivity contribution >= 4 is 21.6 Å². The first-order valence-electron chi connectivity index (χ1n) is 7.33. The summed E-state index contributed by atoms with van der Waals surface area (Å²) in [5, 5.41) is 2.50. The van der Waals surface area contributed by atoms with E-state index >= 15 is 0 Å². The molecular weight excluding hydrogens is 369 g/mol. The molecule has 2 N–H and O–H groups in total. The van der Waals surface area contributed by atoms with Crippen molar-refractivity contribution in [1.29, 1.82) is 0 Å². The Labute approximate surface area is 148 Å². The summed E-state index contributed by atoms with van der Waals surface area (Å²) >= 11 is 0. The zero-order valence-corrected chi connectivity index (χ0v) is 14.2. The van der Waals surface area contributed by atoms with Crippen LogP contribution in [0.5, 0.6) is 0 Å². The van der Waals surface area contributed by atoms with E-state index in [0.717, 1.165) is 18.2 Å². The summed E-state index contributed by atoms with van der Waals surface area (Å²) in [6, 6.07) is 8.98. The van der Waals surface area contributed by atoms with Crippen molar-refractivity contribution in [3.05, 3.63) is 72.3 Å². The minimum Gasteiger partial charge on any atom is -0.349 e. The molecule has 1 amide bonds. The summed E-state index contributed by atoms with van der Waals surface area (Å²) < 4.78 is 65.1. The van der Waals surface area contributed by atoms with E-state index in [0.29, 0.717) is 6.07 Å². The molecule has 5 nitrogen and oxygen atoms in total. The lowest BCUT2D eigenvalue weighted by Crippen LogP contribution is -2.23. The summed E-state index contributed by atoms with van der Waals surface area (Å²) in [5.41, 5.74) is -1.12. The van der Waals surface area contributed by atoms with Gasteiger partial charge < -0.3 is 5.32 Å². The fraction of sp³-hybridized carbons (Fsp3) is 0.118. The van der Waals surface area contributed by atoms with Gasteiger partial charge in [0.15, 0.2) is 0 Å². The molecule has 2 aromatic carbocycles. The lowest BCUT2D eigenvalue weighted by Gasteiger charge is -2.12. The van der Waals surface area contributed by atoms with Crippen molar-refractivity contribution in [2.45, 2.75) is 11.1 Å². The number of sulfonamides is 1. The number of carbonyl (C=O) groups is 1. The number of halogens is 3. The van der Waals surface area contributed by atoms with Gasteiger partial charge in [-0.3, -0.25) is 9.52 Å². The molecule has 0 saturated carbocycles. The van der Waals surface area contributed by atoms with Crippen LogP contribution in [-0.4, -0.2) is 20.9 Å². The molecule has 0 saturated heterocycles. The monoisotopic (exact) mass is 384 g/mol. The highest BCUT2D eigenvalue weighted by Gasteiger charge is 2.30. The van der Waals surface area contributed by atoms with E-state index in [9.17, 15) is 26.4 Å². The van der Waals surface area contributed by atoms with Gasteiger partial charge in [-0.1, -0.05) is 18.2 Å². The van der Waals surface area contributed by atoms with Crippen LogP contribution in [0.15, 0.2) is 66.1 Å². The summed E-state index contributed by atoms with van der Waals surface area (Å²) in [6.45, 7) is 3.66. The summed E-state index contributed by atoms with van der Waals surface area (Å²) in [4.78, 5) is 11.6. The van der Waals surface area contributed by atoms with Gasteiger partial charge in [-0.2, -0.15) is 13.2 Å². The van der Waals surface area contributed by atoms with Gasteiger partial charge >= 0.3 is 6.18 Å². The van der Waals surface area contributed by atoms with Gasteiger partial charge in [-0.05, 0) is 36.4 Å². The molecule has 9 heteroatoms. The first-order chi connectivity index (χ1) is 12.1. The Hall–Kier alpha value is -2.81. The molecule has 2 rings (SSSR count). The molecule has 0 aromatic heterocycles. The Morgan fingerprint density at radius 2 is 1.81 bits per heavy atom. The molecule has 0 aliphatic carbocycles. The molecule has 0 aliphatic heterocycles. The van der Waals surface area contributed by atoms with Crippen LogP contribution in [0.2, 0.25) is 0 Å². The van der Waals surface area contributed by atoms with Crippen LogP contribution in [0, 0.1) is 0 Å². The third kappa shape index (κ3) is 4.85. The van der Waals surface area contributed by atoms with Crippen LogP contribution in [0.25, 0.3) is 0 Å². The molecule has 0 heterocycles. The van der Waals surface area contributed by atoms with Crippen molar-refractivity contribution in [2.24, 2.45) is 0 Å². The normalized spacial score (nSPS) is 11.7. The van der Waals surface area contributed by atoms with E-state index in [4.69, 9.17) is 0 Å². The maximum Gasteiger partial charge on any atom is 0.416 e. The van der Waals surface area contributed by atoms with Gasteiger partial charge in [0.05, 0.1) is 10.5 Å². The van der Waals surface area contributed by atoms with Crippen LogP contribution < -0.4 is 10.0 Å². The van der Waals surface area contributed by atoms with Gasteiger partial charge in [0, 0.05) is 17.8 Å². The largest absolute Gasteiger partial charge is 0.416 e. The molecule has 0 aliphatic rings. The average Bonchev–Trinajstić information content (AvgIpc) is 2.59. The second kappa shape index (κ2) is 7.61. The Bertz CT molecular complexity index is 925. The van der Waals surface area contributed by atoms with Gasteiger partial charge in [-0.15, -0.1) is 6.58 Å². The maximum atomic E-state index is 12.7. The zero-order chi connectivity index (χ0) is 19.4.